The number of rotatable bonds is 7. The topological polar surface area (TPSA) is 58.2 Å². The van der Waals surface area contributed by atoms with Gasteiger partial charge in [0.2, 0.25) is 10.0 Å². The second-order valence-corrected chi connectivity index (χ2v) is 8.87. The molecule has 20 heavy (non-hydrogen) atoms. The molecule has 2 rings (SSSR count). The van der Waals surface area contributed by atoms with Crippen molar-refractivity contribution in [1.82, 2.24) is 10.0 Å². The lowest BCUT2D eigenvalue weighted by Crippen LogP contribution is -2.28. The molecule has 0 saturated heterocycles. The molecule has 1 heterocycles. The van der Waals surface area contributed by atoms with E-state index in [4.69, 9.17) is 0 Å². The van der Waals surface area contributed by atoms with Crippen LogP contribution in [-0.2, 0) is 16.4 Å². The molecule has 0 amide bonds. The first-order valence-corrected chi connectivity index (χ1v) is 9.54. The molecule has 1 fully saturated rings. The van der Waals surface area contributed by atoms with Crippen LogP contribution < -0.4 is 10.0 Å². The molecule has 0 aromatic carbocycles. The minimum Gasteiger partial charge on any atom is -0.319 e. The zero-order chi connectivity index (χ0) is 14.6. The van der Waals surface area contributed by atoms with Crippen molar-refractivity contribution in [3.05, 3.63) is 17.0 Å². The maximum atomic E-state index is 12.2. The lowest BCUT2D eigenvalue weighted by atomic mass is 10.1. The van der Waals surface area contributed by atoms with Crippen LogP contribution >= 0.6 is 11.3 Å². The van der Waals surface area contributed by atoms with Gasteiger partial charge in [-0.25, -0.2) is 13.1 Å². The molecule has 0 spiro atoms. The van der Waals surface area contributed by atoms with Crippen LogP contribution in [0.1, 0.15) is 31.1 Å². The van der Waals surface area contributed by atoms with E-state index >= 15 is 0 Å². The van der Waals surface area contributed by atoms with Gasteiger partial charge in [0.05, 0.1) is 0 Å². The summed E-state index contributed by atoms with van der Waals surface area (Å²) in [6.45, 7) is 3.69. The molecule has 4 nitrogen and oxygen atoms in total. The van der Waals surface area contributed by atoms with Crippen molar-refractivity contribution in [1.29, 1.82) is 0 Å². The van der Waals surface area contributed by atoms with Crippen molar-refractivity contribution < 1.29 is 8.42 Å². The van der Waals surface area contributed by atoms with Gasteiger partial charge in [0.25, 0.3) is 0 Å². The molecule has 0 bridgehead atoms. The summed E-state index contributed by atoms with van der Waals surface area (Å²) in [7, 11) is -1.42. The number of hydrogen-bond donors (Lipinski definition) is 2. The van der Waals surface area contributed by atoms with E-state index in [-0.39, 0.29) is 0 Å². The van der Waals surface area contributed by atoms with Gasteiger partial charge < -0.3 is 5.32 Å². The SMILES string of the molecule is CNCCc1ccc(S(=O)(=O)NCC2CCC(C)C2)s1. The van der Waals surface area contributed by atoms with Gasteiger partial charge in [-0.15, -0.1) is 11.3 Å². The molecular weight excluding hydrogens is 292 g/mol. The first-order valence-electron chi connectivity index (χ1n) is 7.24. The highest BCUT2D eigenvalue weighted by Gasteiger charge is 2.24. The van der Waals surface area contributed by atoms with Gasteiger partial charge in [0, 0.05) is 11.4 Å². The summed E-state index contributed by atoms with van der Waals surface area (Å²) in [6, 6.07) is 3.63. The van der Waals surface area contributed by atoms with Crippen LogP contribution in [0.2, 0.25) is 0 Å². The zero-order valence-corrected chi connectivity index (χ0v) is 13.8. The summed E-state index contributed by atoms with van der Waals surface area (Å²) in [6.07, 6.45) is 4.37. The Morgan fingerprint density at radius 1 is 1.35 bits per heavy atom. The number of nitrogens with one attached hydrogen (secondary N) is 2. The molecule has 1 aromatic heterocycles. The maximum absolute atomic E-state index is 12.2. The molecule has 0 aliphatic heterocycles. The smallest absolute Gasteiger partial charge is 0.250 e. The molecule has 1 saturated carbocycles. The van der Waals surface area contributed by atoms with E-state index in [2.05, 4.69) is 17.0 Å². The van der Waals surface area contributed by atoms with Crippen LogP contribution in [0, 0.1) is 11.8 Å². The lowest BCUT2D eigenvalue weighted by Gasteiger charge is -2.10. The van der Waals surface area contributed by atoms with Crippen molar-refractivity contribution in [2.45, 2.75) is 36.8 Å². The van der Waals surface area contributed by atoms with Crippen molar-refractivity contribution in [3.63, 3.8) is 0 Å². The van der Waals surface area contributed by atoms with Gasteiger partial charge in [-0.3, -0.25) is 0 Å². The summed E-state index contributed by atoms with van der Waals surface area (Å²) >= 11 is 1.37. The maximum Gasteiger partial charge on any atom is 0.250 e. The highest BCUT2D eigenvalue weighted by atomic mass is 32.2. The van der Waals surface area contributed by atoms with Crippen LogP contribution in [0.5, 0.6) is 0 Å². The first-order chi connectivity index (χ1) is 9.51. The number of likely N-dealkylation sites (N-methyl/N-ethyl adjacent to an activating group) is 1. The average Bonchev–Trinajstić information content (AvgIpc) is 3.03. The van der Waals surface area contributed by atoms with Gasteiger partial charge >= 0.3 is 0 Å². The minimum atomic E-state index is -3.32. The van der Waals surface area contributed by atoms with Crippen LogP contribution in [0.3, 0.4) is 0 Å². The Bertz CT molecular complexity index is 525. The summed E-state index contributed by atoms with van der Waals surface area (Å²) in [5.74, 6) is 1.24. The molecule has 2 atom stereocenters. The van der Waals surface area contributed by atoms with Crippen LogP contribution in [-0.4, -0.2) is 28.6 Å². The number of hydrogen-bond acceptors (Lipinski definition) is 4. The number of thiophene rings is 1. The molecule has 2 unspecified atom stereocenters. The molecule has 6 heteroatoms. The summed E-state index contributed by atoms with van der Waals surface area (Å²) in [4.78, 5) is 1.11. The quantitative estimate of drug-likeness (QED) is 0.811. The predicted octanol–water partition coefficient (Wildman–Crippen LogP) is 2.22. The van der Waals surface area contributed by atoms with Gasteiger partial charge in [-0.05, 0) is 56.8 Å². The van der Waals surface area contributed by atoms with Crippen molar-refractivity contribution in [2.75, 3.05) is 20.1 Å². The normalized spacial score (nSPS) is 23.3. The molecule has 2 N–H and O–H groups in total. The second kappa shape index (κ2) is 7.02. The van der Waals surface area contributed by atoms with E-state index in [1.165, 1.54) is 17.8 Å². The van der Waals surface area contributed by atoms with E-state index in [0.717, 1.165) is 36.6 Å². The molecule has 1 aliphatic rings. The van der Waals surface area contributed by atoms with Crippen molar-refractivity contribution in [2.24, 2.45) is 11.8 Å². The molecule has 0 radical (unpaired) electrons. The van der Waals surface area contributed by atoms with Crippen molar-refractivity contribution >= 4 is 21.4 Å². The molecule has 1 aliphatic carbocycles. The minimum absolute atomic E-state index is 0.439. The van der Waals surface area contributed by atoms with E-state index in [9.17, 15) is 8.42 Å². The Kier molecular flexibility index (Phi) is 5.60. The standard InChI is InChI=1S/C14H24N2O2S2/c1-11-3-4-12(9-11)10-16-20(17,18)14-6-5-13(19-14)7-8-15-2/h5-6,11-12,15-16H,3-4,7-10H2,1-2H3. The third-order valence-electron chi connectivity index (χ3n) is 3.89. The highest BCUT2D eigenvalue weighted by molar-refractivity contribution is 7.91. The van der Waals surface area contributed by atoms with E-state index in [0.29, 0.717) is 16.7 Å². The number of sulfonamides is 1. The average molecular weight is 316 g/mol. The molecule has 114 valence electrons. The first kappa shape index (κ1) is 15.9. The van der Waals surface area contributed by atoms with E-state index in [1.54, 1.807) is 6.07 Å². The van der Waals surface area contributed by atoms with Gasteiger partial charge in [-0.2, -0.15) is 0 Å². The summed E-state index contributed by atoms with van der Waals surface area (Å²) < 4.78 is 27.7. The van der Waals surface area contributed by atoms with E-state index in [1.807, 2.05) is 13.1 Å². The van der Waals surface area contributed by atoms with Crippen LogP contribution in [0.25, 0.3) is 0 Å². The Balaban J connectivity index is 1.90. The second-order valence-electron chi connectivity index (χ2n) is 5.71. The van der Waals surface area contributed by atoms with E-state index < -0.39 is 10.0 Å². The highest BCUT2D eigenvalue weighted by Crippen LogP contribution is 2.30. The van der Waals surface area contributed by atoms with Gasteiger partial charge in [-0.1, -0.05) is 13.3 Å². The zero-order valence-electron chi connectivity index (χ0n) is 12.2. The summed E-state index contributed by atoms with van der Waals surface area (Å²) in [5, 5.41) is 3.07. The Labute approximate surface area is 126 Å². The third kappa shape index (κ3) is 4.28. The third-order valence-corrected chi connectivity index (χ3v) is 6.95. The fraction of sp³-hybridized carbons (Fsp3) is 0.714. The lowest BCUT2D eigenvalue weighted by molar-refractivity contribution is 0.499. The Morgan fingerprint density at radius 2 is 2.15 bits per heavy atom. The summed E-state index contributed by atoms with van der Waals surface area (Å²) in [5.41, 5.74) is 0. The van der Waals surface area contributed by atoms with Gasteiger partial charge in [0.15, 0.2) is 0 Å². The Morgan fingerprint density at radius 3 is 2.80 bits per heavy atom. The van der Waals surface area contributed by atoms with Gasteiger partial charge in [0.1, 0.15) is 4.21 Å². The predicted molar refractivity (Wildman–Crippen MR) is 83.6 cm³/mol. The van der Waals surface area contributed by atoms with Crippen molar-refractivity contribution in [3.8, 4) is 0 Å². The largest absolute Gasteiger partial charge is 0.319 e. The fourth-order valence-corrected chi connectivity index (χ4v) is 5.21. The van der Waals surface area contributed by atoms with Crippen LogP contribution in [0.4, 0.5) is 0 Å². The Hall–Kier alpha value is -0.430. The monoisotopic (exact) mass is 316 g/mol. The van der Waals surface area contributed by atoms with Crippen LogP contribution in [0.15, 0.2) is 16.3 Å². The molecule has 1 aromatic rings. The fourth-order valence-electron chi connectivity index (χ4n) is 2.69. The molecular formula is C14H24N2O2S2.